The molecule has 17 heavy (non-hydrogen) atoms. The van der Waals surface area contributed by atoms with E-state index in [1.807, 2.05) is 0 Å². The molecule has 0 saturated carbocycles. The van der Waals surface area contributed by atoms with Crippen molar-refractivity contribution in [3.63, 3.8) is 0 Å². The van der Waals surface area contributed by atoms with E-state index in [4.69, 9.17) is 5.73 Å². The summed E-state index contributed by atoms with van der Waals surface area (Å²) in [6, 6.07) is 6.62. The number of hydrogen-bond donors (Lipinski definition) is 1. The van der Waals surface area contributed by atoms with Crippen LogP contribution in [0.3, 0.4) is 0 Å². The number of allylic oxidation sites excluding steroid dienone is 4. The summed E-state index contributed by atoms with van der Waals surface area (Å²) in [4.78, 5) is 0. The molecule has 0 saturated heterocycles. The summed E-state index contributed by atoms with van der Waals surface area (Å²) in [6.45, 7) is 8.09. The van der Waals surface area contributed by atoms with E-state index in [-0.39, 0.29) is 0 Å². The minimum atomic E-state index is 0.692. The molecule has 1 aromatic rings. The Kier molecular flexibility index (Phi) is 3.19. The van der Waals surface area contributed by atoms with Crippen molar-refractivity contribution < 1.29 is 0 Å². The molecule has 1 aliphatic rings. The van der Waals surface area contributed by atoms with Crippen LogP contribution in [-0.4, -0.2) is 0 Å². The van der Waals surface area contributed by atoms with Crippen molar-refractivity contribution in [1.29, 1.82) is 0 Å². The fourth-order valence-corrected chi connectivity index (χ4v) is 2.16. The van der Waals surface area contributed by atoms with E-state index in [0.717, 1.165) is 18.4 Å². The van der Waals surface area contributed by atoms with E-state index < -0.39 is 0 Å². The molecule has 2 rings (SSSR count). The van der Waals surface area contributed by atoms with Gasteiger partial charge in [-0.25, -0.2) is 0 Å². The van der Waals surface area contributed by atoms with Gasteiger partial charge >= 0.3 is 0 Å². The SMILES string of the molecule is C=C(N)C1=CC=C(Cc2cc(C)ccc2C)C1. The summed E-state index contributed by atoms with van der Waals surface area (Å²) >= 11 is 0. The predicted molar refractivity (Wildman–Crippen MR) is 73.7 cm³/mol. The Hall–Kier alpha value is -1.76. The highest BCUT2D eigenvalue weighted by Crippen LogP contribution is 2.26. The first-order valence-corrected chi connectivity index (χ1v) is 5.96. The van der Waals surface area contributed by atoms with Crippen molar-refractivity contribution in [2.75, 3.05) is 0 Å². The molecule has 0 radical (unpaired) electrons. The first kappa shape index (κ1) is 11.7. The van der Waals surface area contributed by atoms with Gasteiger partial charge in [0.25, 0.3) is 0 Å². The summed E-state index contributed by atoms with van der Waals surface area (Å²) < 4.78 is 0. The topological polar surface area (TPSA) is 26.0 Å². The van der Waals surface area contributed by atoms with Crippen LogP contribution in [0, 0.1) is 13.8 Å². The fourth-order valence-electron chi connectivity index (χ4n) is 2.16. The highest BCUT2D eigenvalue weighted by atomic mass is 14.6. The normalized spacial score (nSPS) is 14.5. The largest absolute Gasteiger partial charge is 0.399 e. The third-order valence-corrected chi connectivity index (χ3v) is 3.27. The van der Waals surface area contributed by atoms with Crippen LogP contribution in [0.25, 0.3) is 0 Å². The Labute approximate surface area is 103 Å². The molecular weight excluding hydrogens is 206 g/mol. The van der Waals surface area contributed by atoms with Crippen molar-refractivity contribution in [2.24, 2.45) is 5.73 Å². The van der Waals surface area contributed by atoms with E-state index in [0.29, 0.717) is 5.70 Å². The number of rotatable bonds is 3. The van der Waals surface area contributed by atoms with Crippen LogP contribution in [0.1, 0.15) is 23.1 Å². The monoisotopic (exact) mass is 225 g/mol. The van der Waals surface area contributed by atoms with Gasteiger partial charge in [0.05, 0.1) is 0 Å². The zero-order valence-electron chi connectivity index (χ0n) is 10.6. The third kappa shape index (κ3) is 2.68. The molecule has 0 aliphatic heterocycles. The van der Waals surface area contributed by atoms with Gasteiger partial charge < -0.3 is 5.73 Å². The molecule has 0 atom stereocenters. The van der Waals surface area contributed by atoms with Gasteiger partial charge in [0.15, 0.2) is 0 Å². The summed E-state index contributed by atoms with van der Waals surface area (Å²) in [5, 5.41) is 0. The Balaban J connectivity index is 2.09. The molecule has 1 nitrogen and oxygen atoms in total. The molecule has 1 heteroatoms. The second-order valence-electron chi connectivity index (χ2n) is 4.83. The highest BCUT2D eigenvalue weighted by molar-refractivity contribution is 5.43. The number of nitrogens with two attached hydrogens (primary N) is 1. The maximum Gasteiger partial charge on any atom is 0.0276 e. The van der Waals surface area contributed by atoms with Gasteiger partial charge in [-0.2, -0.15) is 0 Å². The molecule has 88 valence electrons. The van der Waals surface area contributed by atoms with Gasteiger partial charge in [-0.05, 0) is 43.4 Å². The molecule has 2 N–H and O–H groups in total. The van der Waals surface area contributed by atoms with E-state index in [9.17, 15) is 0 Å². The van der Waals surface area contributed by atoms with Crippen LogP contribution in [0.5, 0.6) is 0 Å². The smallest absolute Gasteiger partial charge is 0.0276 e. The quantitative estimate of drug-likeness (QED) is 0.836. The fraction of sp³-hybridized carbons (Fsp3) is 0.250. The molecule has 0 bridgehead atoms. The van der Waals surface area contributed by atoms with Crippen LogP contribution in [0.2, 0.25) is 0 Å². The lowest BCUT2D eigenvalue weighted by atomic mass is 9.97. The summed E-state index contributed by atoms with van der Waals surface area (Å²) in [5.74, 6) is 0. The molecule has 1 aromatic carbocycles. The van der Waals surface area contributed by atoms with E-state index in [2.05, 4.69) is 50.8 Å². The summed E-state index contributed by atoms with van der Waals surface area (Å²) in [5.41, 5.74) is 13.1. The molecule has 0 aromatic heterocycles. The van der Waals surface area contributed by atoms with Gasteiger partial charge in [0.1, 0.15) is 0 Å². The van der Waals surface area contributed by atoms with Crippen molar-refractivity contribution in [3.8, 4) is 0 Å². The zero-order chi connectivity index (χ0) is 12.4. The van der Waals surface area contributed by atoms with E-state index >= 15 is 0 Å². The van der Waals surface area contributed by atoms with Crippen molar-refractivity contribution >= 4 is 0 Å². The molecule has 0 unspecified atom stereocenters. The summed E-state index contributed by atoms with van der Waals surface area (Å²) in [7, 11) is 0. The number of benzene rings is 1. The standard InChI is InChI=1S/C16H19N/c1-11-4-5-12(2)16(8-11)10-14-6-7-15(9-14)13(3)17/h4-8H,3,9-10,17H2,1-2H3. The summed E-state index contributed by atoms with van der Waals surface area (Å²) in [6.07, 6.45) is 6.22. The van der Waals surface area contributed by atoms with Gasteiger partial charge in [0.2, 0.25) is 0 Å². The zero-order valence-corrected chi connectivity index (χ0v) is 10.6. The van der Waals surface area contributed by atoms with Gasteiger partial charge in [-0.3, -0.25) is 0 Å². The van der Waals surface area contributed by atoms with Crippen LogP contribution < -0.4 is 5.73 Å². The number of aryl methyl sites for hydroxylation is 2. The third-order valence-electron chi connectivity index (χ3n) is 3.27. The minimum Gasteiger partial charge on any atom is -0.399 e. The molecule has 0 spiro atoms. The van der Waals surface area contributed by atoms with E-state index in [1.54, 1.807) is 0 Å². The first-order chi connectivity index (χ1) is 8.06. The van der Waals surface area contributed by atoms with Crippen molar-refractivity contribution in [2.45, 2.75) is 26.7 Å². The molecule has 0 fully saturated rings. The Morgan fingerprint density at radius 1 is 1.29 bits per heavy atom. The van der Waals surface area contributed by atoms with E-state index in [1.165, 1.54) is 22.3 Å². The Bertz CT molecular complexity index is 518. The lowest BCUT2D eigenvalue weighted by Crippen LogP contribution is -1.99. The second-order valence-corrected chi connectivity index (χ2v) is 4.83. The molecule has 1 aliphatic carbocycles. The van der Waals surface area contributed by atoms with Crippen molar-refractivity contribution in [3.05, 3.63) is 70.5 Å². The second kappa shape index (κ2) is 4.62. The lowest BCUT2D eigenvalue weighted by molar-refractivity contribution is 1.03. The highest BCUT2D eigenvalue weighted by Gasteiger charge is 2.11. The number of hydrogen-bond acceptors (Lipinski definition) is 1. The van der Waals surface area contributed by atoms with Gasteiger partial charge in [-0.1, -0.05) is 48.1 Å². The minimum absolute atomic E-state index is 0.692. The van der Waals surface area contributed by atoms with Crippen LogP contribution in [-0.2, 0) is 6.42 Å². The lowest BCUT2D eigenvalue weighted by Gasteiger charge is -2.09. The molecule has 0 amide bonds. The van der Waals surface area contributed by atoms with Crippen LogP contribution in [0.4, 0.5) is 0 Å². The van der Waals surface area contributed by atoms with Crippen molar-refractivity contribution in [1.82, 2.24) is 0 Å². The molecular formula is C16H19N. The van der Waals surface area contributed by atoms with Crippen LogP contribution >= 0.6 is 0 Å². The maximum atomic E-state index is 5.71. The maximum absolute atomic E-state index is 5.71. The molecule has 0 heterocycles. The average molecular weight is 225 g/mol. The first-order valence-electron chi connectivity index (χ1n) is 5.96. The van der Waals surface area contributed by atoms with Gasteiger partial charge in [-0.15, -0.1) is 0 Å². The Morgan fingerprint density at radius 2 is 2.06 bits per heavy atom. The average Bonchev–Trinajstić information content (AvgIpc) is 2.72. The predicted octanol–water partition coefficient (Wildman–Crippen LogP) is 3.57. The van der Waals surface area contributed by atoms with Gasteiger partial charge in [0, 0.05) is 5.70 Å². The van der Waals surface area contributed by atoms with Crippen LogP contribution in [0.15, 0.2) is 53.8 Å². The Morgan fingerprint density at radius 3 is 2.71 bits per heavy atom.